The smallest absolute Gasteiger partial charge is 0.0684 e. The molecule has 3 nitrogen and oxygen atoms in total. The van der Waals surface area contributed by atoms with Gasteiger partial charge in [0.1, 0.15) is 0 Å². The third-order valence-corrected chi connectivity index (χ3v) is 3.04. The lowest BCUT2D eigenvalue weighted by molar-refractivity contribution is 0.318. The van der Waals surface area contributed by atoms with Crippen molar-refractivity contribution in [3.8, 4) is 6.07 Å². The molecule has 0 radical (unpaired) electrons. The molecule has 0 saturated heterocycles. The number of hydrogen-bond donors (Lipinski definition) is 1. The van der Waals surface area contributed by atoms with Crippen molar-refractivity contribution in [1.82, 2.24) is 10.2 Å². The molecule has 1 aliphatic carbocycles. The van der Waals surface area contributed by atoms with Gasteiger partial charge in [0.25, 0.3) is 0 Å². The van der Waals surface area contributed by atoms with Crippen molar-refractivity contribution in [2.24, 2.45) is 5.41 Å². The summed E-state index contributed by atoms with van der Waals surface area (Å²) < 4.78 is 0. The molecule has 0 aromatic rings. The van der Waals surface area contributed by atoms with Crippen molar-refractivity contribution in [2.45, 2.75) is 39.2 Å². The molecule has 1 aliphatic rings. The Labute approximate surface area is 93.5 Å². The molecular weight excluding hydrogens is 186 g/mol. The van der Waals surface area contributed by atoms with Crippen molar-refractivity contribution < 1.29 is 0 Å². The van der Waals surface area contributed by atoms with Gasteiger partial charge in [0.05, 0.1) is 11.5 Å². The van der Waals surface area contributed by atoms with Crippen LogP contribution in [0.3, 0.4) is 0 Å². The van der Waals surface area contributed by atoms with E-state index in [-0.39, 0.29) is 5.41 Å². The normalized spacial score (nSPS) is 16.7. The van der Waals surface area contributed by atoms with Crippen LogP contribution in [0.2, 0.25) is 0 Å². The fraction of sp³-hybridized carbons (Fsp3) is 0.917. The van der Waals surface area contributed by atoms with E-state index in [2.05, 4.69) is 23.3 Å². The van der Waals surface area contributed by atoms with Gasteiger partial charge in [-0.25, -0.2) is 0 Å². The third-order valence-electron chi connectivity index (χ3n) is 3.04. The molecule has 1 N–H and O–H groups in total. The molecule has 0 aliphatic heterocycles. The first-order valence-corrected chi connectivity index (χ1v) is 5.87. The molecule has 0 amide bonds. The van der Waals surface area contributed by atoms with E-state index in [9.17, 15) is 0 Å². The Morgan fingerprint density at radius 2 is 2.07 bits per heavy atom. The lowest BCUT2D eigenvalue weighted by atomic mass is 9.91. The van der Waals surface area contributed by atoms with Crippen LogP contribution >= 0.6 is 0 Å². The van der Waals surface area contributed by atoms with Crippen LogP contribution in [0.5, 0.6) is 0 Å². The van der Waals surface area contributed by atoms with Crippen LogP contribution in [0.25, 0.3) is 0 Å². The summed E-state index contributed by atoms with van der Waals surface area (Å²) in [4.78, 5) is 2.42. The average molecular weight is 209 g/mol. The highest BCUT2D eigenvalue weighted by molar-refractivity contribution is 4.91. The molecule has 0 unspecified atom stereocenters. The Morgan fingerprint density at radius 1 is 1.40 bits per heavy atom. The summed E-state index contributed by atoms with van der Waals surface area (Å²) in [5, 5.41) is 12.2. The van der Waals surface area contributed by atoms with Gasteiger partial charge in [0, 0.05) is 19.1 Å². The highest BCUT2D eigenvalue weighted by Crippen LogP contribution is 2.24. The maximum atomic E-state index is 8.83. The molecule has 15 heavy (non-hydrogen) atoms. The van der Waals surface area contributed by atoms with Crippen LogP contribution in [0, 0.1) is 16.7 Å². The lowest BCUT2D eigenvalue weighted by Crippen LogP contribution is -2.32. The molecule has 0 aromatic carbocycles. The highest BCUT2D eigenvalue weighted by Gasteiger charge is 2.25. The highest BCUT2D eigenvalue weighted by atomic mass is 15.2. The molecule has 1 fully saturated rings. The van der Waals surface area contributed by atoms with Gasteiger partial charge in [-0.2, -0.15) is 5.26 Å². The molecule has 1 saturated carbocycles. The second-order valence-corrected chi connectivity index (χ2v) is 5.21. The van der Waals surface area contributed by atoms with Gasteiger partial charge in [-0.1, -0.05) is 0 Å². The molecule has 0 atom stereocenters. The Bertz CT molecular complexity index is 226. The summed E-state index contributed by atoms with van der Waals surface area (Å²) in [6.07, 6.45) is 3.67. The van der Waals surface area contributed by atoms with Gasteiger partial charge < -0.3 is 10.2 Å². The Kier molecular flexibility index (Phi) is 4.56. The molecule has 0 heterocycles. The summed E-state index contributed by atoms with van der Waals surface area (Å²) in [6.45, 7) is 7.08. The Balaban J connectivity index is 1.95. The van der Waals surface area contributed by atoms with Crippen molar-refractivity contribution in [1.29, 1.82) is 5.26 Å². The van der Waals surface area contributed by atoms with Crippen LogP contribution in [0.15, 0.2) is 0 Å². The number of nitrogens with zero attached hydrogens (tertiary/aromatic N) is 2. The van der Waals surface area contributed by atoms with Gasteiger partial charge in [0.2, 0.25) is 0 Å². The summed E-state index contributed by atoms with van der Waals surface area (Å²) in [6, 6.07) is 3.17. The minimum atomic E-state index is -0.185. The fourth-order valence-corrected chi connectivity index (χ4v) is 1.54. The first-order chi connectivity index (χ1) is 7.05. The molecule has 1 rings (SSSR count). The SMILES string of the molecule is CN(CCNCCC(C)(C)C#N)C1CC1. The standard InChI is InChI=1S/C12H23N3/c1-12(2,10-13)6-7-14-8-9-15(3)11-4-5-11/h11,14H,4-9H2,1-3H3. The van der Waals surface area contributed by atoms with E-state index in [1.807, 2.05) is 13.8 Å². The molecule has 3 heteroatoms. The number of hydrogen-bond acceptors (Lipinski definition) is 3. The average Bonchev–Trinajstić information content (AvgIpc) is 3.00. The van der Waals surface area contributed by atoms with Crippen LogP contribution in [0.4, 0.5) is 0 Å². The topological polar surface area (TPSA) is 39.1 Å². The molecule has 86 valence electrons. The molecule has 0 spiro atoms. The van der Waals surface area contributed by atoms with Crippen molar-refractivity contribution >= 4 is 0 Å². The van der Waals surface area contributed by atoms with E-state index in [4.69, 9.17) is 5.26 Å². The van der Waals surface area contributed by atoms with E-state index >= 15 is 0 Å². The van der Waals surface area contributed by atoms with Crippen LogP contribution in [0.1, 0.15) is 33.1 Å². The zero-order valence-electron chi connectivity index (χ0n) is 10.2. The first-order valence-electron chi connectivity index (χ1n) is 5.87. The zero-order chi connectivity index (χ0) is 11.3. The van der Waals surface area contributed by atoms with Gasteiger partial charge in [-0.05, 0) is 46.7 Å². The summed E-state index contributed by atoms with van der Waals surface area (Å²) in [5.74, 6) is 0. The van der Waals surface area contributed by atoms with E-state index in [0.29, 0.717) is 0 Å². The predicted octanol–water partition coefficient (Wildman–Crippen LogP) is 1.61. The zero-order valence-corrected chi connectivity index (χ0v) is 10.2. The second kappa shape index (κ2) is 5.48. The largest absolute Gasteiger partial charge is 0.315 e. The summed E-state index contributed by atoms with van der Waals surface area (Å²) >= 11 is 0. The van der Waals surface area contributed by atoms with Gasteiger partial charge in [-0.15, -0.1) is 0 Å². The lowest BCUT2D eigenvalue weighted by Gasteiger charge is -2.18. The van der Waals surface area contributed by atoms with Crippen molar-refractivity contribution in [3.63, 3.8) is 0 Å². The summed E-state index contributed by atoms with van der Waals surface area (Å²) in [7, 11) is 2.19. The number of likely N-dealkylation sites (N-methyl/N-ethyl adjacent to an activating group) is 1. The number of nitriles is 1. The predicted molar refractivity (Wildman–Crippen MR) is 62.5 cm³/mol. The second-order valence-electron chi connectivity index (χ2n) is 5.21. The van der Waals surface area contributed by atoms with Crippen molar-refractivity contribution in [2.75, 3.05) is 26.7 Å². The first kappa shape index (κ1) is 12.5. The van der Waals surface area contributed by atoms with E-state index in [0.717, 1.165) is 32.1 Å². The quantitative estimate of drug-likeness (QED) is 0.647. The van der Waals surface area contributed by atoms with E-state index < -0.39 is 0 Å². The fourth-order valence-electron chi connectivity index (χ4n) is 1.54. The molecule has 0 aromatic heterocycles. The third kappa shape index (κ3) is 5.15. The van der Waals surface area contributed by atoms with Gasteiger partial charge >= 0.3 is 0 Å². The summed E-state index contributed by atoms with van der Waals surface area (Å²) in [5.41, 5.74) is -0.185. The van der Waals surface area contributed by atoms with Crippen LogP contribution in [-0.2, 0) is 0 Å². The van der Waals surface area contributed by atoms with Crippen LogP contribution in [-0.4, -0.2) is 37.6 Å². The monoisotopic (exact) mass is 209 g/mol. The maximum Gasteiger partial charge on any atom is 0.0684 e. The van der Waals surface area contributed by atoms with E-state index in [1.165, 1.54) is 12.8 Å². The van der Waals surface area contributed by atoms with Gasteiger partial charge in [0.15, 0.2) is 0 Å². The maximum absolute atomic E-state index is 8.83. The molecule has 0 bridgehead atoms. The van der Waals surface area contributed by atoms with E-state index in [1.54, 1.807) is 0 Å². The minimum Gasteiger partial charge on any atom is -0.315 e. The Hall–Kier alpha value is -0.590. The van der Waals surface area contributed by atoms with Crippen molar-refractivity contribution in [3.05, 3.63) is 0 Å². The van der Waals surface area contributed by atoms with Crippen LogP contribution < -0.4 is 5.32 Å². The Morgan fingerprint density at radius 3 is 2.60 bits per heavy atom. The number of rotatable bonds is 7. The van der Waals surface area contributed by atoms with Gasteiger partial charge in [-0.3, -0.25) is 0 Å². The number of nitrogens with one attached hydrogen (secondary N) is 1. The molecular formula is C12H23N3. The minimum absolute atomic E-state index is 0.185.